The fourth-order valence-electron chi connectivity index (χ4n) is 1.64. The molecule has 0 radical (unpaired) electrons. The first-order valence-corrected chi connectivity index (χ1v) is 7.89. The lowest BCUT2D eigenvalue weighted by atomic mass is 10.2. The summed E-state index contributed by atoms with van der Waals surface area (Å²) in [5.74, 6) is -0.187. The van der Waals surface area contributed by atoms with Crippen molar-refractivity contribution < 1.29 is 9.90 Å². The molecule has 0 saturated carbocycles. The topological polar surface area (TPSA) is 68.0 Å². The van der Waals surface area contributed by atoms with Crippen LogP contribution in [0.5, 0.6) is 0 Å². The molecule has 0 spiro atoms. The molecule has 0 amide bonds. The second-order valence-corrected chi connectivity index (χ2v) is 6.52. The molecule has 1 atom stereocenters. The summed E-state index contributed by atoms with van der Waals surface area (Å²) in [6, 6.07) is 7.72. The summed E-state index contributed by atoms with van der Waals surface area (Å²) in [4.78, 5) is 15.4. The van der Waals surface area contributed by atoms with Crippen LogP contribution >= 0.6 is 27.7 Å². The Kier molecular flexibility index (Phi) is 5.19. The molecule has 1 unspecified atom stereocenters. The highest BCUT2D eigenvalue weighted by molar-refractivity contribution is 9.10. The molecular weight excluding hydrogens is 354 g/mol. The van der Waals surface area contributed by atoms with Crippen molar-refractivity contribution in [3.05, 3.63) is 41.4 Å². The van der Waals surface area contributed by atoms with Crippen LogP contribution in [0.3, 0.4) is 0 Å². The van der Waals surface area contributed by atoms with Crippen molar-refractivity contribution in [3.63, 3.8) is 0 Å². The molecule has 5 nitrogen and oxygen atoms in total. The smallest absolute Gasteiger partial charge is 0.316 e. The van der Waals surface area contributed by atoms with Crippen molar-refractivity contribution in [1.29, 1.82) is 0 Å². The minimum absolute atomic E-state index is 0.449. The highest BCUT2D eigenvalue weighted by Crippen LogP contribution is 2.25. The van der Waals surface area contributed by atoms with Crippen LogP contribution in [0.1, 0.15) is 6.92 Å². The van der Waals surface area contributed by atoms with Crippen LogP contribution in [0.4, 0.5) is 0 Å². The summed E-state index contributed by atoms with van der Waals surface area (Å²) in [6.45, 7) is 5.83. The van der Waals surface area contributed by atoms with E-state index < -0.39 is 11.2 Å². The van der Waals surface area contributed by atoms with E-state index in [-0.39, 0.29) is 0 Å². The Hall–Kier alpha value is -1.60. The molecule has 7 heteroatoms. The Morgan fingerprint density at radius 2 is 2.19 bits per heavy atom. The van der Waals surface area contributed by atoms with Crippen molar-refractivity contribution >= 4 is 33.7 Å². The lowest BCUT2D eigenvalue weighted by Gasteiger charge is -2.02. The Balaban J connectivity index is 2.35. The predicted molar refractivity (Wildman–Crippen MR) is 86.3 cm³/mol. The van der Waals surface area contributed by atoms with Crippen molar-refractivity contribution in [1.82, 2.24) is 14.8 Å². The molecule has 0 fully saturated rings. The van der Waals surface area contributed by atoms with Gasteiger partial charge in [-0.15, -0.1) is 11.7 Å². The number of aromatic nitrogens is 3. The van der Waals surface area contributed by atoms with Crippen LogP contribution in [-0.2, 0) is 11.3 Å². The van der Waals surface area contributed by atoms with Crippen molar-refractivity contribution in [2.45, 2.75) is 23.9 Å². The first kappa shape index (κ1) is 15.8. The van der Waals surface area contributed by atoms with Gasteiger partial charge in [-0.25, -0.2) is 9.67 Å². The molecule has 0 aliphatic heterocycles. The number of hydrogen-bond donors (Lipinski definition) is 1. The molecule has 1 aromatic heterocycles. The van der Waals surface area contributed by atoms with Crippen LogP contribution < -0.4 is 0 Å². The van der Waals surface area contributed by atoms with Crippen molar-refractivity contribution in [3.8, 4) is 11.4 Å². The molecule has 0 aliphatic rings. The van der Waals surface area contributed by atoms with Gasteiger partial charge in [-0.3, -0.25) is 4.79 Å². The van der Waals surface area contributed by atoms with Crippen molar-refractivity contribution in [2.75, 3.05) is 0 Å². The van der Waals surface area contributed by atoms with Gasteiger partial charge in [0.05, 0.1) is 6.54 Å². The molecule has 0 bridgehead atoms. The number of halogens is 1. The summed E-state index contributed by atoms with van der Waals surface area (Å²) in [7, 11) is 0. The van der Waals surface area contributed by atoms with Gasteiger partial charge in [-0.05, 0) is 19.1 Å². The summed E-state index contributed by atoms with van der Waals surface area (Å²) >= 11 is 4.52. The second-order valence-electron chi connectivity index (χ2n) is 4.29. The Labute approximate surface area is 135 Å². The van der Waals surface area contributed by atoms with E-state index in [4.69, 9.17) is 5.11 Å². The maximum absolute atomic E-state index is 10.9. The number of thioether (sulfide) groups is 1. The third-order valence-electron chi connectivity index (χ3n) is 2.69. The molecule has 1 aromatic carbocycles. The Morgan fingerprint density at radius 1 is 1.52 bits per heavy atom. The molecule has 0 aliphatic carbocycles. The number of hydrogen-bond acceptors (Lipinski definition) is 4. The number of carboxylic acids is 1. The van der Waals surface area contributed by atoms with Gasteiger partial charge in [0.2, 0.25) is 5.16 Å². The average molecular weight is 368 g/mol. The Bertz CT molecular complexity index is 655. The zero-order valence-corrected chi connectivity index (χ0v) is 13.8. The van der Waals surface area contributed by atoms with Crippen LogP contribution in [0, 0.1) is 0 Å². The fraction of sp³-hybridized carbons (Fsp3) is 0.214. The van der Waals surface area contributed by atoms with E-state index in [0.717, 1.165) is 21.8 Å². The van der Waals surface area contributed by atoms with Gasteiger partial charge in [-0.2, -0.15) is 0 Å². The van der Waals surface area contributed by atoms with Crippen LogP contribution in [0.25, 0.3) is 11.4 Å². The normalized spacial score (nSPS) is 12.1. The monoisotopic (exact) mass is 367 g/mol. The lowest BCUT2D eigenvalue weighted by Crippen LogP contribution is -2.11. The fourth-order valence-corrected chi connectivity index (χ4v) is 2.61. The van der Waals surface area contributed by atoms with Gasteiger partial charge in [-0.1, -0.05) is 45.9 Å². The van der Waals surface area contributed by atoms with Gasteiger partial charge < -0.3 is 5.11 Å². The van der Waals surface area contributed by atoms with Gasteiger partial charge >= 0.3 is 5.97 Å². The van der Waals surface area contributed by atoms with Gasteiger partial charge in [0.25, 0.3) is 0 Å². The first-order chi connectivity index (χ1) is 10.0. The van der Waals surface area contributed by atoms with Crippen LogP contribution in [0.2, 0.25) is 0 Å². The molecule has 1 N–H and O–H groups in total. The molecule has 1 heterocycles. The molecule has 2 rings (SSSR count). The van der Waals surface area contributed by atoms with E-state index >= 15 is 0 Å². The number of carbonyl (C=O) groups is 1. The minimum Gasteiger partial charge on any atom is -0.480 e. The highest BCUT2D eigenvalue weighted by atomic mass is 79.9. The first-order valence-electron chi connectivity index (χ1n) is 6.22. The molecular formula is C14H14BrN3O2S. The molecule has 0 saturated heterocycles. The number of benzene rings is 1. The van der Waals surface area contributed by atoms with Crippen LogP contribution in [0.15, 0.2) is 46.5 Å². The third kappa shape index (κ3) is 3.95. The summed E-state index contributed by atoms with van der Waals surface area (Å²) in [6.07, 6.45) is 1.73. The zero-order valence-electron chi connectivity index (χ0n) is 11.4. The number of nitrogens with zero attached hydrogens (tertiary/aromatic N) is 3. The van der Waals surface area contributed by atoms with Crippen molar-refractivity contribution in [2.24, 2.45) is 0 Å². The predicted octanol–water partition coefficient (Wildman–Crippen LogP) is 3.46. The van der Waals surface area contributed by atoms with E-state index in [1.165, 1.54) is 0 Å². The molecule has 21 heavy (non-hydrogen) atoms. The van der Waals surface area contributed by atoms with E-state index in [1.54, 1.807) is 17.7 Å². The van der Waals surface area contributed by atoms with Crippen LogP contribution in [-0.4, -0.2) is 31.1 Å². The quantitative estimate of drug-likeness (QED) is 0.625. The van der Waals surface area contributed by atoms with E-state index in [0.29, 0.717) is 17.5 Å². The maximum atomic E-state index is 10.9. The summed E-state index contributed by atoms with van der Waals surface area (Å²) < 4.78 is 2.70. The standard InChI is InChI=1S/C14H14BrN3O2S/c1-3-8-18-12(10-4-6-11(15)7-5-10)16-14(17-18)21-9(2)13(19)20/h3-7,9H,1,8H2,2H3,(H,19,20). The third-order valence-corrected chi connectivity index (χ3v) is 4.15. The Morgan fingerprint density at radius 3 is 2.76 bits per heavy atom. The van der Waals surface area contributed by atoms with Gasteiger partial charge in [0.1, 0.15) is 5.25 Å². The number of aliphatic carboxylic acids is 1. The largest absolute Gasteiger partial charge is 0.480 e. The second kappa shape index (κ2) is 6.91. The van der Waals surface area contributed by atoms with Gasteiger partial charge in [0.15, 0.2) is 5.82 Å². The zero-order chi connectivity index (χ0) is 15.4. The maximum Gasteiger partial charge on any atom is 0.316 e. The lowest BCUT2D eigenvalue weighted by molar-refractivity contribution is -0.136. The molecule has 110 valence electrons. The highest BCUT2D eigenvalue weighted by Gasteiger charge is 2.18. The number of allylic oxidation sites excluding steroid dienone is 1. The van der Waals surface area contributed by atoms with Gasteiger partial charge in [0, 0.05) is 10.0 Å². The SMILES string of the molecule is C=CCn1nc(SC(C)C(=O)O)nc1-c1ccc(Br)cc1. The molecule has 2 aromatic rings. The van der Waals surface area contributed by atoms with E-state index in [2.05, 4.69) is 32.6 Å². The minimum atomic E-state index is -0.884. The number of carboxylic acid groups (broad SMARTS) is 1. The summed E-state index contributed by atoms with van der Waals surface area (Å²) in [5, 5.41) is 13.2. The van der Waals surface area contributed by atoms with E-state index in [1.807, 2.05) is 24.3 Å². The summed E-state index contributed by atoms with van der Waals surface area (Å²) in [5.41, 5.74) is 0.919. The average Bonchev–Trinajstić information content (AvgIpc) is 2.82. The number of rotatable bonds is 6. The van der Waals surface area contributed by atoms with E-state index in [9.17, 15) is 4.79 Å².